The minimum absolute atomic E-state index is 0.0967. The van der Waals surface area contributed by atoms with E-state index in [0.717, 1.165) is 35.4 Å². The van der Waals surface area contributed by atoms with Crippen molar-refractivity contribution in [3.8, 4) is 5.75 Å². The lowest BCUT2D eigenvalue weighted by Gasteiger charge is -2.28. The first kappa shape index (κ1) is 20.5. The van der Waals surface area contributed by atoms with Crippen LogP contribution in [0.5, 0.6) is 5.75 Å². The molecule has 0 aliphatic carbocycles. The SMILES string of the molecule is CCC[C@](C)(OCC)C(=O)Nc1cc(C)c(O[C@@H](C)CC)c(C)c1. The van der Waals surface area contributed by atoms with Crippen LogP contribution >= 0.6 is 0 Å². The number of benzene rings is 1. The molecule has 0 aliphatic rings. The third-order valence-electron chi connectivity index (χ3n) is 4.28. The van der Waals surface area contributed by atoms with E-state index in [2.05, 4.69) is 26.1 Å². The van der Waals surface area contributed by atoms with E-state index >= 15 is 0 Å². The predicted octanol–water partition coefficient (Wildman–Crippen LogP) is 5.01. The second kappa shape index (κ2) is 9.07. The topological polar surface area (TPSA) is 47.6 Å². The number of nitrogens with one attached hydrogen (secondary N) is 1. The summed E-state index contributed by atoms with van der Waals surface area (Å²) in [6.07, 6.45) is 2.72. The monoisotopic (exact) mass is 335 g/mol. The molecule has 1 amide bonds. The molecular formula is C20H33NO3. The Morgan fingerprint density at radius 3 is 2.25 bits per heavy atom. The molecule has 0 saturated carbocycles. The van der Waals surface area contributed by atoms with Gasteiger partial charge in [-0.2, -0.15) is 0 Å². The van der Waals surface area contributed by atoms with Crippen LogP contribution in [0.2, 0.25) is 0 Å². The molecule has 0 spiro atoms. The molecule has 0 aliphatic heterocycles. The fourth-order valence-electron chi connectivity index (χ4n) is 2.80. The molecule has 4 nitrogen and oxygen atoms in total. The van der Waals surface area contributed by atoms with Crippen LogP contribution in [0.1, 0.15) is 65.0 Å². The molecule has 2 atom stereocenters. The molecule has 0 fully saturated rings. The number of carbonyl (C=O) groups excluding carboxylic acids is 1. The molecule has 0 radical (unpaired) electrons. The fraction of sp³-hybridized carbons (Fsp3) is 0.650. The van der Waals surface area contributed by atoms with Crippen LogP contribution < -0.4 is 10.1 Å². The number of aryl methyl sites for hydroxylation is 2. The van der Waals surface area contributed by atoms with Crippen LogP contribution in [0.3, 0.4) is 0 Å². The second-order valence-electron chi connectivity index (χ2n) is 6.64. The average molecular weight is 335 g/mol. The van der Waals surface area contributed by atoms with Crippen molar-refractivity contribution in [1.82, 2.24) is 0 Å². The summed E-state index contributed by atoms with van der Waals surface area (Å²) in [5.74, 6) is 0.809. The van der Waals surface area contributed by atoms with Crippen LogP contribution in [-0.4, -0.2) is 24.2 Å². The van der Waals surface area contributed by atoms with Crippen LogP contribution in [0.4, 0.5) is 5.69 Å². The molecule has 4 heteroatoms. The van der Waals surface area contributed by atoms with Crippen LogP contribution in [0, 0.1) is 13.8 Å². The highest BCUT2D eigenvalue weighted by molar-refractivity contribution is 5.97. The largest absolute Gasteiger partial charge is 0.490 e. The molecule has 0 heterocycles. The van der Waals surface area contributed by atoms with Gasteiger partial charge in [0.2, 0.25) is 0 Å². The zero-order valence-electron chi connectivity index (χ0n) is 16.3. The van der Waals surface area contributed by atoms with Crippen molar-refractivity contribution in [2.45, 2.75) is 79.4 Å². The zero-order chi connectivity index (χ0) is 18.3. The Morgan fingerprint density at radius 2 is 1.79 bits per heavy atom. The summed E-state index contributed by atoms with van der Waals surface area (Å²) < 4.78 is 11.7. The van der Waals surface area contributed by atoms with Gasteiger partial charge in [0.1, 0.15) is 11.4 Å². The van der Waals surface area contributed by atoms with Gasteiger partial charge in [-0.1, -0.05) is 20.3 Å². The second-order valence-corrected chi connectivity index (χ2v) is 6.64. The van der Waals surface area contributed by atoms with Crippen molar-refractivity contribution in [1.29, 1.82) is 0 Å². The molecule has 1 aromatic carbocycles. The quantitative estimate of drug-likeness (QED) is 0.689. The molecule has 0 aromatic heterocycles. The molecule has 0 bridgehead atoms. The lowest BCUT2D eigenvalue weighted by molar-refractivity contribution is -0.139. The van der Waals surface area contributed by atoms with Crippen LogP contribution in [0.25, 0.3) is 0 Å². The van der Waals surface area contributed by atoms with E-state index in [9.17, 15) is 4.79 Å². The number of ether oxygens (including phenoxy) is 2. The Balaban J connectivity index is 2.97. The highest BCUT2D eigenvalue weighted by Crippen LogP contribution is 2.29. The van der Waals surface area contributed by atoms with Crippen molar-refractivity contribution in [2.24, 2.45) is 0 Å². The summed E-state index contributed by atoms with van der Waals surface area (Å²) in [4.78, 5) is 12.7. The normalized spacial score (nSPS) is 14.8. The van der Waals surface area contributed by atoms with E-state index in [0.29, 0.717) is 13.0 Å². The molecule has 136 valence electrons. The molecular weight excluding hydrogens is 302 g/mol. The van der Waals surface area contributed by atoms with Gasteiger partial charge in [-0.15, -0.1) is 0 Å². The summed E-state index contributed by atoms with van der Waals surface area (Å²) >= 11 is 0. The number of rotatable bonds is 9. The Bertz CT molecular complexity index is 525. The lowest BCUT2D eigenvalue weighted by atomic mass is 9.98. The lowest BCUT2D eigenvalue weighted by Crippen LogP contribution is -2.42. The smallest absolute Gasteiger partial charge is 0.256 e. The predicted molar refractivity (Wildman–Crippen MR) is 99.9 cm³/mol. The Labute approximate surface area is 146 Å². The number of amides is 1. The maximum Gasteiger partial charge on any atom is 0.256 e. The summed E-state index contributed by atoms with van der Waals surface area (Å²) in [6, 6.07) is 3.92. The number of anilines is 1. The Hall–Kier alpha value is -1.55. The van der Waals surface area contributed by atoms with Gasteiger partial charge in [-0.25, -0.2) is 0 Å². The third kappa shape index (κ3) is 5.23. The average Bonchev–Trinajstić information content (AvgIpc) is 2.51. The van der Waals surface area contributed by atoms with Crippen LogP contribution in [0.15, 0.2) is 12.1 Å². The van der Waals surface area contributed by atoms with Gasteiger partial charge >= 0.3 is 0 Å². The summed E-state index contributed by atoms with van der Waals surface area (Å²) in [6.45, 7) is 14.5. The van der Waals surface area contributed by atoms with Gasteiger partial charge < -0.3 is 14.8 Å². The standard InChI is InChI=1S/C20H33NO3/c1-8-11-20(7,23-10-3)19(22)21-17-12-14(4)18(15(5)13-17)24-16(6)9-2/h12-13,16H,8-11H2,1-7H3,(H,21,22)/t16-,20-/m0/s1. The molecule has 24 heavy (non-hydrogen) atoms. The van der Waals surface area contributed by atoms with Crippen LogP contribution in [-0.2, 0) is 9.53 Å². The first-order valence-electron chi connectivity index (χ1n) is 9.00. The van der Waals surface area contributed by atoms with Crippen molar-refractivity contribution in [3.05, 3.63) is 23.3 Å². The van der Waals surface area contributed by atoms with E-state index in [4.69, 9.17) is 9.47 Å². The van der Waals surface area contributed by atoms with Gasteiger partial charge in [0.25, 0.3) is 5.91 Å². The van der Waals surface area contributed by atoms with E-state index in [1.54, 1.807) is 0 Å². The zero-order valence-corrected chi connectivity index (χ0v) is 16.3. The fourth-order valence-corrected chi connectivity index (χ4v) is 2.80. The Morgan fingerprint density at radius 1 is 1.21 bits per heavy atom. The van der Waals surface area contributed by atoms with Gasteiger partial charge in [-0.3, -0.25) is 4.79 Å². The summed E-state index contributed by atoms with van der Waals surface area (Å²) in [5.41, 5.74) is 2.05. The summed E-state index contributed by atoms with van der Waals surface area (Å²) in [7, 11) is 0. The van der Waals surface area contributed by atoms with Gasteiger partial charge in [0.15, 0.2) is 0 Å². The molecule has 1 aromatic rings. The van der Waals surface area contributed by atoms with Gasteiger partial charge in [0, 0.05) is 12.3 Å². The minimum Gasteiger partial charge on any atom is -0.490 e. The van der Waals surface area contributed by atoms with Crippen molar-refractivity contribution >= 4 is 11.6 Å². The highest BCUT2D eigenvalue weighted by atomic mass is 16.5. The number of carbonyl (C=O) groups is 1. The van der Waals surface area contributed by atoms with E-state index < -0.39 is 5.60 Å². The minimum atomic E-state index is -0.794. The number of hydrogen-bond acceptors (Lipinski definition) is 3. The molecule has 0 unspecified atom stereocenters. The molecule has 1 N–H and O–H groups in total. The van der Waals surface area contributed by atoms with Crippen molar-refractivity contribution in [2.75, 3.05) is 11.9 Å². The van der Waals surface area contributed by atoms with E-state index in [1.807, 2.05) is 39.8 Å². The maximum atomic E-state index is 12.7. The first-order chi connectivity index (χ1) is 11.3. The summed E-state index contributed by atoms with van der Waals surface area (Å²) in [5, 5.41) is 3.01. The van der Waals surface area contributed by atoms with Gasteiger partial charge in [-0.05, 0) is 70.7 Å². The highest BCUT2D eigenvalue weighted by Gasteiger charge is 2.33. The molecule has 0 saturated heterocycles. The van der Waals surface area contributed by atoms with E-state index in [1.165, 1.54) is 0 Å². The number of hydrogen-bond donors (Lipinski definition) is 1. The van der Waals surface area contributed by atoms with Crippen molar-refractivity contribution < 1.29 is 14.3 Å². The van der Waals surface area contributed by atoms with Gasteiger partial charge in [0.05, 0.1) is 6.10 Å². The van der Waals surface area contributed by atoms with Crippen molar-refractivity contribution in [3.63, 3.8) is 0 Å². The maximum absolute atomic E-state index is 12.7. The van der Waals surface area contributed by atoms with E-state index in [-0.39, 0.29) is 12.0 Å². The molecule has 1 rings (SSSR count). The first-order valence-corrected chi connectivity index (χ1v) is 9.00. The third-order valence-corrected chi connectivity index (χ3v) is 4.28. The Kier molecular flexibility index (Phi) is 7.74.